The van der Waals surface area contributed by atoms with Crippen LogP contribution in [0.5, 0.6) is 0 Å². The zero-order valence-electron chi connectivity index (χ0n) is 23.4. The molecule has 11 heteroatoms. The molecule has 5 N–H and O–H groups in total. The number of carbonyl (C=O) groups excluding carboxylic acids is 3. The maximum atomic E-state index is 12.5. The van der Waals surface area contributed by atoms with Crippen LogP contribution >= 0.6 is 35.3 Å². The SMILES string of the molecule is CC1(C(O)c2ccc(C(=O)NCCCCCCNC(=O)CCCC[C@@H]3SC[C@@H]4NC(=O)N[C@@H]43)cc2)SCCCS1. The number of hydrogen-bond donors (Lipinski definition) is 5. The maximum absolute atomic E-state index is 12.5. The lowest BCUT2D eigenvalue weighted by Gasteiger charge is -2.36. The van der Waals surface area contributed by atoms with Crippen LogP contribution in [0.3, 0.4) is 0 Å². The van der Waals surface area contributed by atoms with E-state index in [-0.39, 0.29) is 34.0 Å². The lowest BCUT2D eigenvalue weighted by Crippen LogP contribution is -2.36. The Hall–Kier alpha value is -1.56. The summed E-state index contributed by atoms with van der Waals surface area (Å²) in [6, 6.07) is 7.78. The first-order chi connectivity index (χ1) is 19.4. The number of aliphatic hydroxyl groups excluding tert-OH is 1. The number of rotatable bonds is 15. The summed E-state index contributed by atoms with van der Waals surface area (Å²) < 4.78 is -0.237. The van der Waals surface area contributed by atoms with Crippen molar-refractivity contribution < 1.29 is 19.5 Å². The predicted molar refractivity (Wildman–Crippen MR) is 167 cm³/mol. The summed E-state index contributed by atoms with van der Waals surface area (Å²) >= 11 is 5.54. The van der Waals surface area contributed by atoms with Crippen LogP contribution in [-0.4, -0.2) is 74.7 Å². The van der Waals surface area contributed by atoms with E-state index in [9.17, 15) is 19.5 Å². The molecule has 0 aromatic heterocycles. The van der Waals surface area contributed by atoms with Gasteiger partial charge in [0, 0.05) is 36.1 Å². The maximum Gasteiger partial charge on any atom is 0.315 e. The Bertz CT molecular complexity index is 990. The summed E-state index contributed by atoms with van der Waals surface area (Å²) in [6.45, 7) is 3.42. The molecule has 3 aliphatic rings. The van der Waals surface area contributed by atoms with E-state index >= 15 is 0 Å². The number of hydrogen-bond acceptors (Lipinski definition) is 7. The van der Waals surface area contributed by atoms with E-state index in [1.807, 2.05) is 47.4 Å². The second-order valence-electron chi connectivity index (χ2n) is 11.0. The van der Waals surface area contributed by atoms with E-state index < -0.39 is 6.10 Å². The quantitative estimate of drug-likeness (QED) is 0.148. The molecule has 8 nitrogen and oxygen atoms in total. The number of unbranched alkanes of at least 4 members (excludes halogenated alkanes) is 4. The molecule has 1 aromatic rings. The molecule has 4 atom stereocenters. The fourth-order valence-corrected chi connectivity index (χ4v) is 9.96. The topological polar surface area (TPSA) is 120 Å². The van der Waals surface area contributed by atoms with Crippen molar-refractivity contribution in [2.75, 3.05) is 30.3 Å². The van der Waals surface area contributed by atoms with E-state index in [4.69, 9.17) is 0 Å². The highest BCUT2D eigenvalue weighted by molar-refractivity contribution is 8.18. The van der Waals surface area contributed by atoms with Gasteiger partial charge in [-0.15, -0.1) is 23.5 Å². The third-order valence-corrected chi connectivity index (χ3v) is 12.6. The minimum Gasteiger partial charge on any atom is -0.386 e. The van der Waals surface area contributed by atoms with Crippen LogP contribution < -0.4 is 21.3 Å². The van der Waals surface area contributed by atoms with Gasteiger partial charge in [0.25, 0.3) is 5.91 Å². The number of urea groups is 1. The monoisotopic (exact) mass is 608 g/mol. The van der Waals surface area contributed by atoms with Crippen LogP contribution in [-0.2, 0) is 4.79 Å². The second kappa shape index (κ2) is 15.6. The smallest absolute Gasteiger partial charge is 0.315 e. The Balaban J connectivity index is 0.988. The molecule has 1 aromatic carbocycles. The molecule has 0 spiro atoms. The predicted octanol–water partition coefficient (Wildman–Crippen LogP) is 4.44. The van der Waals surface area contributed by atoms with Gasteiger partial charge in [0.1, 0.15) is 6.10 Å². The Kier molecular flexibility index (Phi) is 12.2. The van der Waals surface area contributed by atoms with Crippen molar-refractivity contribution in [2.24, 2.45) is 0 Å². The Morgan fingerprint density at radius 1 is 1.00 bits per heavy atom. The van der Waals surface area contributed by atoms with Gasteiger partial charge in [-0.05, 0) is 68.2 Å². The van der Waals surface area contributed by atoms with Crippen molar-refractivity contribution >= 4 is 53.1 Å². The summed E-state index contributed by atoms with van der Waals surface area (Å²) in [4.78, 5) is 36.1. The molecule has 4 rings (SSSR count). The average Bonchev–Trinajstić information content (AvgIpc) is 3.51. The van der Waals surface area contributed by atoms with Crippen LogP contribution in [0, 0.1) is 0 Å². The lowest BCUT2D eigenvalue weighted by atomic mass is 10.0. The molecular formula is C29H44N4O4S3. The molecule has 4 amide bonds. The van der Waals surface area contributed by atoms with Gasteiger partial charge in [-0.2, -0.15) is 11.8 Å². The average molecular weight is 609 g/mol. The minimum atomic E-state index is -0.560. The number of benzene rings is 1. The van der Waals surface area contributed by atoms with E-state index in [1.54, 1.807) is 12.1 Å². The van der Waals surface area contributed by atoms with Crippen LogP contribution in [0.15, 0.2) is 24.3 Å². The van der Waals surface area contributed by atoms with Gasteiger partial charge in [0.2, 0.25) is 5.91 Å². The first kappa shape index (κ1) is 31.4. The minimum absolute atomic E-state index is 0.0506. The van der Waals surface area contributed by atoms with Gasteiger partial charge in [-0.25, -0.2) is 4.79 Å². The number of amides is 4. The molecule has 3 fully saturated rings. The van der Waals surface area contributed by atoms with E-state index in [1.165, 1.54) is 6.42 Å². The zero-order valence-corrected chi connectivity index (χ0v) is 25.9. The number of thioether (sulfide) groups is 3. The standard InChI is InChI=1S/C29H44N4O4S3/c1-29(39-17-8-18-40-29)26(35)20-11-13-21(14-12-20)27(36)31-16-7-3-2-6-15-30-24(34)10-5-4-9-23-25-22(19-38-23)32-28(37)33-25/h11-14,22-23,25-26,35H,2-10,15-19H2,1H3,(H,30,34)(H,31,36)(H2,32,33,37)/t22-,23-,25-,26?/m0/s1. The highest BCUT2D eigenvalue weighted by Crippen LogP contribution is 2.49. The van der Waals surface area contributed by atoms with Crippen molar-refractivity contribution in [3.8, 4) is 0 Å². The van der Waals surface area contributed by atoms with Crippen LogP contribution in [0.25, 0.3) is 0 Å². The summed E-state index contributed by atoms with van der Waals surface area (Å²) in [7, 11) is 0. The number of carbonyl (C=O) groups is 3. The Morgan fingerprint density at radius 2 is 1.70 bits per heavy atom. The molecular weight excluding hydrogens is 565 g/mol. The zero-order chi connectivity index (χ0) is 28.4. The van der Waals surface area contributed by atoms with Crippen molar-refractivity contribution in [3.05, 3.63) is 35.4 Å². The van der Waals surface area contributed by atoms with Gasteiger partial charge in [0.05, 0.1) is 16.2 Å². The number of aliphatic hydroxyl groups is 1. The number of fused-ring (bicyclic) bond motifs is 1. The normalized spacial score (nSPS) is 24.1. The highest BCUT2D eigenvalue weighted by atomic mass is 32.2. The Labute approximate surface area is 251 Å². The molecule has 40 heavy (non-hydrogen) atoms. The first-order valence-corrected chi connectivity index (χ1v) is 17.7. The van der Waals surface area contributed by atoms with E-state index in [0.29, 0.717) is 30.3 Å². The third kappa shape index (κ3) is 8.97. The summed E-state index contributed by atoms with van der Waals surface area (Å²) in [5, 5.41) is 23.3. The molecule has 0 radical (unpaired) electrons. The third-order valence-electron chi connectivity index (χ3n) is 7.84. The molecule has 0 saturated carbocycles. The fraction of sp³-hybridized carbons (Fsp3) is 0.690. The summed E-state index contributed by atoms with van der Waals surface area (Å²) in [5.41, 5.74) is 1.47. The summed E-state index contributed by atoms with van der Waals surface area (Å²) in [5.74, 6) is 3.14. The molecule has 3 heterocycles. The molecule has 0 aliphatic carbocycles. The van der Waals surface area contributed by atoms with Gasteiger partial charge >= 0.3 is 6.03 Å². The van der Waals surface area contributed by atoms with E-state index in [2.05, 4.69) is 28.2 Å². The van der Waals surface area contributed by atoms with Gasteiger partial charge < -0.3 is 26.4 Å². The lowest BCUT2D eigenvalue weighted by molar-refractivity contribution is -0.121. The van der Waals surface area contributed by atoms with Crippen molar-refractivity contribution in [2.45, 2.75) is 92.2 Å². The summed E-state index contributed by atoms with van der Waals surface area (Å²) in [6.07, 6.45) is 7.94. The highest BCUT2D eigenvalue weighted by Gasteiger charge is 2.42. The van der Waals surface area contributed by atoms with Gasteiger partial charge in [-0.1, -0.05) is 31.4 Å². The molecule has 3 saturated heterocycles. The van der Waals surface area contributed by atoms with E-state index in [0.717, 1.165) is 67.8 Å². The van der Waals surface area contributed by atoms with Crippen molar-refractivity contribution in [1.82, 2.24) is 21.3 Å². The Morgan fingerprint density at radius 3 is 2.42 bits per heavy atom. The molecule has 3 aliphatic heterocycles. The van der Waals surface area contributed by atoms with Gasteiger partial charge in [-0.3, -0.25) is 9.59 Å². The number of nitrogens with one attached hydrogen (secondary N) is 4. The second-order valence-corrected chi connectivity index (χ2v) is 15.6. The van der Waals surface area contributed by atoms with Crippen LogP contribution in [0.1, 0.15) is 86.7 Å². The van der Waals surface area contributed by atoms with Crippen LogP contribution in [0.4, 0.5) is 4.79 Å². The van der Waals surface area contributed by atoms with Crippen molar-refractivity contribution in [1.29, 1.82) is 0 Å². The molecule has 1 unspecified atom stereocenters. The van der Waals surface area contributed by atoms with Gasteiger partial charge in [0.15, 0.2) is 0 Å². The fourth-order valence-electron chi connectivity index (χ4n) is 5.43. The first-order valence-electron chi connectivity index (χ1n) is 14.7. The van der Waals surface area contributed by atoms with Crippen LogP contribution in [0.2, 0.25) is 0 Å². The largest absolute Gasteiger partial charge is 0.386 e. The van der Waals surface area contributed by atoms with Crippen molar-refractivity contribution in [3.63, 3.8) is 0 Å². The molecule has 0 bridgehead atoms. The molecule has 222 valence electrons.